The zero-order valence-corrected chi connectivity index (χ0v) is 35.4. The number of esters is 1. The van der Waals surface area contributed by atoms with Crippen LogP contribution in [0, 0.1) is 5.92 Å². The molecule has 0 amide bonds. The summed E-state index contributed by atoms with van der Waals surface area (Å²) in [5.74, 6) is 0.128. The topological polar surface area (TPSA) is 59.0 Å². The van der Waals surface area contributed by atoms with Crippen molar-refractivity contribution in [1.82, 2.24) is 4.90 Å². The fourth-order valence-corrected chi connectivity index (χ4v) is 7.99. The Bertz CT molecular complexity index is 934. The first-order valence-corrected chi connectivity index (χ1v) is 24.1. The van der Waals surface area contributed by atoms with Gasteiger partial charge in [0.25, 0.3) is 0 Å². The van der Waals surface area contributed by atoms with Gasteiger partial charge in [-0.3, -0.25) is 0 Å². The van der Waals surface area contributed by atoms with Crippen LogP contribution in [0.3, 0.4) is 0 Å². The third-order valence-corrected chi connectivity index (χ3v) is 15.5. The van der Waals surface area contributed by atoms with Gasteiger partial charge in [0.15, 0.2) is 14.4 Å². The molecule has 0 aromatic heterocycles. The van der Waals surface area contributed by atoms with Gasteiger partial charge < -0.3 is 19.2 Å². The molecule has 5 nitrogen and oxygen atoms in total. The van der Waals surface area contributed by atoms with Crippen molar-refractivity contribution in [3.63, 3.8) is 0 Å². The van der Waals surface area contributed by atoms with Crippen LogP contribution in [0.15, 0.2) is 30.3 Å². The van der Waals surface area contributed by atoms with Crippen LogP contribution >= 0.6 is 0 Å². The lowest BCUT2D eigenvalue weighted by molar-refractivity contribution is -0.155. The Morgan fingerprint density at radius 3 is 1.76 bits per heavy atom. The number of carbonyl (C=O) groups excluding carboxylic acids is 1. The highest BCUT2D eigenvalue weighted by atomic mass is 28.4. The van der Waals surface area contributed by atoms with Crippen molar-refractivity contribution >= 4 is 14.3 Å². The summed E-state index contributed by atoms with van der Waals surface area (Å²) in [4.78, 5) is 15.1. The summed E-state index contributed by atoms with van der Waals surface area (Å²) in [6, 6.07) is 9.67. The average molecular weight is 718 g/mol. The number of nitrogens with zero attached hydrogens (tertiary/aromatic N) is 1. The van der Waals surface area contributed by atoms with E-state index in [-0.39, 0.29) is 17.7 Å². The highest BCUT2D eigenvalue weighted by molar-refractivity contribution is 6.74. The van der Waals surface area contributed by atoms with Gasteiger partial charge in [0.2, 0.25) is 0 Å². The molecule has 0 aliphatic rings. The van der Waals surface area contributed by atoms with E-state index in [9.17, 15) is 9.90 Å². The SMILES string of the molecule is CCCCCCCCCCC(C)CN(CCCCC(O)C(=O)OCc1ccccc1)CC(CCCCCCCCCC)O[Si](C)(C)C(C)(C)C. The first kappa shape index (κ1) is 46.8. The van der Waals surface area contributed by atoms with Crippen molar-refractivity contribution in [3.8, 4) is 0 Å². The Morgan fingerprint density at radius 1 is 0.720 bits per heavy atom. The standard InChI is InChI=1S/C44H83NO4Si/c1-9-11-13-15-17-19-21-24-30-39(3)36-45(35-29-28-34-42(46)43(47)48-38-40-31-25-23-26-32-40)37-41(49-50(7,8)44(4,5)6)33-27-22-20-18-16-14-12-10-2/h23,25-26,31-32,39,41-42,46H,9-22,24,27-30,33-38H2,1-8H3. The smallest absolute Gasteiger partial charge is 0.335 e. The van der Waals surface area contributed by atoms with Crippen molar-refractivity contribution in [3.05, 3.63) is 35.9 Å². The number of unbranched alkanes of at least 4 members (excludes halogenated alkanes) is 15. The summed E-state index contributed by atoms with van der Waals surface area (Å²) >= 11 is 0. The Kier molecular flexibility index (Phi) is 26.5. The predicted molar refractivity (Wildman–Crippen MR) is 218 cm³/mol. The monoisotopic (exact) mass is 718 g/mol. The summed E-state index contributed by atoms with van der Waals surface area (Å²) in [6.07, 6.45) is 25.4. The van der Waals surface area contributed by atoms with E-state index in [1.54, 1.807) is 0 Å². The van der Waals surface area contributed by atoms with Crippen LogP contribution in [-0.4, -0.2) is 56.1 Å². The molecule has 1 N–H and O–H groups in total. The number of aliphatic hydroxyl groups is 1. The molecule has 3 unspecified atom stereocenters. The molecule has 3 atom stereocenters. The van der Waals surface area contributed by atoms with Crippen molar-refractivity contribution in [2.45, 2.75) is 213 Å². The van der Waals surface area contributed by atoms with E-state index in [1.807, 2.05) is 30.3 Å². The maximum absolute atomic E-state index is 12.5. The number of hydrogen-bond donors (Lipinski definition) is 1. The summed E-state index contributed by atoms with van der Waals surface area (Å²) < 4.78 is 12.6. The normalized spacial score (nSPS) is 14.2. The van der Waals surface area contributed by atoms with Crippen molar-refractivity contribution in [1.29, 1.82) is 0 Å². The molecule has 0 saturated carbocycles. The van der Waals surface area contributed by atoms with Crippen LogP contribution in [-0.2, 0) is 20.6 Å². The van der Waals surface area contributed by atoms with E-state index in [0.29, 0.717) is 12.3 Å². The quantitative estimate of drug-likeness (QED) is 0.0457. The minimum Gasteiger partial charge on any atom is -0.459 e. The van der Waals surface area contributed by atoms with Crippen molar-refractivity contribution in [2.24, 2.45) is 5.92 Å². The van der Waals surface area contributed by atoms with E-state index in [0.717, 1.165) is 44.5 Å². The molecule has 0 bridgehead atoms. The number of aliphatic hydroxyl groups excluding tert-OH is 1. The first-order valence-electron chi connectivity index (χ1n) is 21.2. The van der Waals surface area contributed by atoms with E-state index < -0.39 is 20.4 Å². The molecular formula is C44H83NO4Si. The molecule has 0 aliphatic carbocycles. The molecule has 1 aromatic rings. The van der Waals surface area contributed by atoms with Crippen molar-refractivity contribution in [2.75, 3.05) is 19.6 Å². The fraction of sp³-hybridized carbons (Fsp3) is 0.841. The Morgan fingerprint density at radius 2 is 1.22 bits per heavy atom. The van der Waals surface area contributed by atoms with Crippen LogP contribution in [0.25, 0.3) is 0 Å². The maximum atomic E-state index is 12.5. The lowest BCUT2D eigenvalue weighted by Gasteiger charge is -2.41. The highest BCUT2D eigenvalue weighted by Crippen LogP contribution is 2.38. The van der Waals surface area contributed by atoms with Crippen LogP contribution in [0.5, 0.6) is 0 Å². The molecule has 6 heteroatoms. The lowest BCUT2D eigenvalue weighted by Crippen LogP contribution is -2.47. The lowest BCUT2D eigenvalue weighted by atomic mass is 10.00. The summed E-state index contributed by atoms with van der Waals surface area (Å²) in [5, 5.41) is 10.7. The third kappa shape index (κ3) is 23.4. The zero-order chi connectivity index (χ0) is 37.1. The van der Waals surface area contributed by atoms with Gasteiger partial charge in [-0.25, -0.2) is 4.79 Å². The van der Waals surface area contributed by atoms with Gasteiger partial charge in [0, 0.05) is 13.1 Å². The number of hydrogen-bond acceptors (Lipinski definition) is 5. The summed E-state index contributed by atoms with van der Waals surface area (Å²) in [5.41, 5.74) is 0.936. The van der Waals surface area contributed by atoms with E-state index in [1.165, 1.54) is 109 Å². The molecule has 0 heterocycles. The fourth-order valence-electron chi connectivity index (χ4n) is 6.61. The molecule has 50 heavy (non-hydrogen) atoms. The summed E-state index contributed by atoms with van der Waals surface area (Å²) in [7, 11) is -1.92. The van der Waals surface area contributed by atoms with Crippen LogP contribution < -0.4 is 0 Å². The molecule has 0 fully saturated rings. The third-order valence-electron chi connectivity index (χ3n) is 10.9. The second kappa shape index (κ2) is 28.3. The van der Waals surface area contributed by atoms with E-state index >= 15 is 0 Å². The van der Waals surface area contributed by atoms with Gasteiger partial charge >= 0.3 is 5.97 Å². The number of ether oxygens (including phenoxy) is 1. The second-order valence-electron chi connectivity index (χ2n) is 17.0. The molecule has 0 radical (unpaired) electrons. The second-order valence-corrected chi connectivity index (χ2v) is 21.8. The number of carbonyl (C=O) groups is 1. The summed E-state index contributed by atoms with van der Waals surface area (Å²) in [6.45, 7) is 22.1. The van der Waals surface area contributed by atoms with E-state index in [2.05, 4.69) is 59.5 Å². The Balaban J connectivity index is 2.78. The largest absolute Gasteiger partial charge is 0.459 e. The molecule has 1 rings (SSSR count). The minimum absolute atomic E-state index is 0.185. The average Bonchev–Trinajstić information content (AvgIpc) is 3.07. The molecule has 292 valence electrons. The van der Waals surface area contributed by atoms with Gasteiger partial charge in [0.05, 0.1) is 6.10 Å². The van der Waals surface area contributed by atoms with Gasteiger partial charge in [-0.15, -0.1) is 0 Å². The molecule has 0 saturated heterocycles. The molecular weight excluding hydrogens is 635 g/mol. The van der Waals surface area contributed by atoms with Gasteiger partial charge in [-0.2, -0.15) is 0 Å². The maximum Gasteiger partial charge on any atom is 0.335 e. The predicted octanol–water partition coefficient (Wildman–Crippen LogP) is 12.7. The molecule has 1 aromatic carbocycles. The zero-order valence-electron chi connectivity index (χ0n) is 34.4. The number of benzene rings is 1. The number of rotatable bonds is 32. The first-order chi connectivity index (χ1) is 23.9. The van der Waals surface area contributed by atoms with E-state index in [4.69, 9.17) is 9.16 Å². The van der Waals surface area contributed by atoms with Gasteiger partial charge in [-0.1, -0.05) is 175 Å². The molecule has 0 aliphatic heterocycles. The van der Waals surface area contributed by atoms with Crippen LogP contribution in [0.2, 0.25) is 18.1 Å². The molecule has 0 spiro atoms. The van der Waals surface area contributed by atoms with Crippen LogP contribution in [0.1, 0.15) is 182 Å². The van der Waals surface area contributed by atoms with Crippen molar-refractivity contribution < 1.29 is 19.1 Å². The minimum atomic E-state index is -1.92. The Labute approximate surface area is 312 Å². The Hall–Kier alpha value is -1.21. The van der Waals surface area contributed by atoms with Gasteiger partial charge in [0.1, 0.15) is 6.61 Å². The highest BCUT2D eigenvalue weighted by Gasteiger charge is 2.39. The van der Waals surface area contributed by atoms with Crippen LogP contribution in [0.4, 0.5) is 0 Å². The van der Waals surface area contributed by atoms with Gasteiger partial charge in [-0.05, 0) is 68.3 Å².